The van der Waals surface area contributed by atoms with Crippen LogP contribution in [0, 0.1) is 28.1 Å². The van der Waals surface area contributed by atoms with Crippen LogP contribution in [-0.4, -0.2) is 12.8 Å². The van der Waals surface area contributed by atoms with Crippen molar-refractivity contribution < 1.29 is 4.42 Å². The molecule has 5 aliphatic rings. The third kappa shape index (κ3) is 7.77. The van der Waals surface area contributed by atoms with E-state index in [-0.39, 0.29) is 45.2 Å². The van der Waals surface area contributed by atoms with E-state index in [2.05, 4.69) is 223 Å². The molecule has 0 saturated carbocycles. The Bertz CT molecular complexity index is 3030. The zero-order valence-electron chi connectivity index (χ0n) is 43.8. The zero-order chi connectivity index (χ0) is 48.0. The Hall–Kier alpha value is -4.48. The maximum absolute atomic E-state index is 6.85. The van der Waals surface area contributed by atoms with E-state index in [9.17, 15) is 0 Å². The second kappa shape index (κ2) is 15.5. The van der Waals surface area contributed by atoms with Gasteiger partial charge in [-0.1, -0.05) is 176 Å². The minimum Gasteiger partial charge on any atom is -0.456 e. The van der Waals surface area contributed by atoms with Crippen LogP contribution in [0.25, 0.3) is 32.0 Å². The van der Waals surface area contributed by atoms with Crippen LogP contribution in [0.3, 0.4) is 0 Å². The van der Waals surface area contributed by atoms with Crippen LogP contribution in [0.4, 0.5) is 10.7 Å². The molecule has 3 heterocycles. The Balaban J connectivity index is 1.31. The number of furan rings is 1. The topological polar surface area (TPSA) is 28.4 Å². The van der Waals surface area contributed by atoms with E-state index in [1.807, 2.05) is 0 Å². The molecule has 5 aromatic rings. The van der Waals surface area contributed by atoms with E-state index >= 15 is 0 Å². The molecule has 0 bridgehead atoms. The van der Waals surface area contributed by atoms with Crippen molar-refractivity contribution in [3.63, 3.8) is 0 Å². The summed E-state index contributed by atoms with van der Waals surface area (Å²) in [5.74, 6) is 0.799. The van der Waals surface area contributed by atoms with Crippen LogP contribution in [0.2, 0.25) is 0 Å². The quantitative estimate of drug-likeness (QED) is 0.182. The molecule has 0 amide bonds. The molecule has 2 aromatic heterocycles. The summed E-state index contributed by atoms with van der Waals surface area (Å²) < 4.78 is 8.28. The fourth-order valence-corrected chi connectivity index (χ4v) is 13.9. The standard InChI is InChI=1S/C62H77BN2OS/c1-57(2,3)37-32-48(64-47-29-28-43(59(7,8)9)55-52(47)40-24-20-21-25-50(40)66-55)54-49(33-37)65(39-26-27-42(58(4,5)6)44(34-39)60(10,11)12)56-53(63(54)38-22-18-17-19-23-38)41-35-45-46(36-51(41)67-56)62(15,16)31-30-61(45,13)14/h18,20-29,32,34-36,42,44,49,64H,17,19,30-31,33H2,1-16H3. The van der Waals surface area contributed by atoms with Gasteiger partial charge < -0.3 is 14.6 Å². The summed E-state index contributed by atoms with van der Waals surface area (Å²) in [7, 11) is 0. The Kier molecular flexibility index (Phi) is 10.7. The zero-order valence-corrected chi connectivity index (χ0v) is 44.6. The van der Waals surface area contributed by atoms with Gasteiger partial charge in [-0.15, -0.1) is 11.3 Å². The molecule has 3 aromatic carbocycles. The molecular formula is C62H77BN2OS. The summed E-state index contributed by atoms with van der Waals surface area (Å²) in [6.45, 7) is 38.8. The van der Waals surface area contributed by atoms with Gasteiger partial charge in [-0.25, -0.2) is 0 Å². The number of hydrogen-bond acceptors (Lipinski definition) is 4. The van der Waals surface area contributed by atoms with Crippen molar-refractivity contribution in [3.05, 3.63) is 136 Å². The average molecular weight is 909 g/mol. The molecule has 0 spiro atoms. The minimum absolute atomic E-state index is 0.0455. The van der Waals surface area contributed by atoms with Gasteiger partial charge >= 0.3 is 0 Å². The predicted octanol–water partition coefficient (Wildman–Crippen LogP) is 17.2. The average Bonchev–Trinajstić information content (AvgIpc) is 3.82. The van der Waals surface area contributed by atoms with Crippen LogP contribution in [0.15, 0.2) is 123 Å². The van der Waals surface area contributed by atoms with E-state index in [0.717, 1.165) is 41.5 Å². The molecule has 67 heavy (non-hydrogen) atoms. The van der Waals surface area contributed by atoms with E-state index in [0.29, 0.717) is 11.8 Å². The molecule has 350 valence electrons. The van der Waals surface area contributed by atoms with E-state index in [4.69, 9.17) is 4.42 Å². The van der Waals surface area contributed by atoms with Gasteiger partial charge in [0, 0.05) is 27.0 Å². The highest BCUT2D eigenvalue weighted by atomic mass is 32.1. The van der Waals surface area contributed by atoms with Gasteiger partial charge in [0.25, 0.3) is 0 Å². The molecule has 1 N–H and O–H groups in total. The molecule has 0 saturated heterocycles. The van der Waals surface area contributed by atoms with Crippen LogP contribution in [-0.2, 0) is 16.2 Å². The first-order valence-corrected chi connectivity index (χ1v) is 26.4. The Morgan fingerprint density at radius 3 is 2.09 bits per heavy atom. The number of thiophene rings is 1. The molecule has 4 aliphatic carbocycles. The summed E-state index contributed by atoms with van der Waals surface area (Å²) in [6, 6.07) is 18.7. The van der Waals surface area contributed by atoms with Crippen LogP contribution in [0.5, 0.6) is 0 Å². The number of nitrogens with zero attached hydrogens (tertiary/aromatic N) is 1. The third-order valence-corrected chi connectivity index (χ3v) is 17.8. The summed E-state index contributed by atoms with van der Waals surface area (Å²) in [4.78, 5) is 2.86. The monoisotopic (exact) mass is 909 g/mol. The number of anilines is 2. The summed E-state index contributed by atoms with van der Waals surface area (Å²) in [5.41, 5.74) is 16.1. The number of benzene rings is 3. The van der Waals surface area contributed by atoms with Crippen LogP contribution in [0.1, 0.15) is 160 Å². The smallest absolute Gasteiger partial charge is 0.246 e. The fraction of sp³-hybridized carbons (Fsp3) is 0.484. The molecule has 10 rings (SSSR count). The summed E-state index contributed by atoms with van der Waals surface area (Å²) >= 11 is 2.06. The molecule has 0 radical (unpaired) electrons. The number of nitrogens with one attached hydrogen (secondary N) is 1. The van der Waals surface area contributed by atoms with Gasteiger partial charge in [0.15, 0.2) is 0 Å². The third-order valence-electron chi connectivity index (χ3n) is 16.6. The largest absolute Gasteiger partial charge is 0.456 e. The highest BCUT2D eigenvalue weighted by Crippen LogP contribution is 2.54. The lowest BCUT2D eigenvalue weighted by atomic mass is 9.31. The molecule has 3 nitrogen and oxygen atoms in total. The Labute approximate surface area is 407 Å². The molecule has 3 unspecified atom stereocenters. The van der Waals surface area contributed by atoms with Crippen molar-refractivity contribution in [2.24, 2.45) is 28.1 Å². The minimum atomic E-state index is -0.0892. The maximum Gasteiger partial charge on any atom is 0.246 e. The van der Waals surface area contributed by atoms with Crippen molar-refractivity contribution in [2.45, 2.75) is 165 Å². The van der Waals surface area contributed by atoms with E-state index in [1.54, 1.807) is 0 Å². The summed E-state index contributed by atoms with van der Waals surface area (Å²) in [6.07, 6.45) is 23.4. The number of para-hydroxylation sites is 1. The number of allylic oxidation sites excluding steroid dienone is 8. The van der Waals surface area contributed by atoms with Gasteiger partial charge in [-0.05, 0) is 140 Å². The highest BCUT2D eigenvalue weighted by molar-refractivity contribution is 7.25. The summed E-state index contributed by atoms with van der Waals surface area (Å²) in [5, 5.41) is 9.50. The maximum atomic E-state index is 6.85. The van der Waals surface area contributed by atoms with E-state index in [1.165, 1.54) is 83.4 Å². The SMILES string of the molecule is CC(C)(C)C1=CC(Nc2ccc(C(C)(C)C)c3oc4ccccc4c23)=C2B(C3=CCCC=C3)c3c(sc4cc5c(cc34)C(C)(C)CCC5(C)C)N(C3=CC(C(C)(C)C)C(C(C)(C)C)C=C3)C2C1. The lowest BCUT2D eigenvalue weighted by Crippen LogP contribution is -2.55. The lowest BCUT2D eigenvalue weighted by Gasteiger charge is -2.49. The van der Waals surface area contributed by atoms with Gasteiger partial charge in [0.2, 0.25) is 6.71 Å². The molecule has 3 atom stereocenters. The Morgan fingerprint density at radius 2 is 1.45 bits per heavy atom. The van der Waals surface area contributed by atoms with Gasteiger partial charge in [-0.2, -0.15) is 0 Å². The fourth-order valence-electron chi connectivity index (χ4n) is 12.5. The van der Waals surface area contributed by atoms with Gasteiger partial charge in [0.1, 0.15) is 11.2 Å². The number of fused-ring (bicyclic) bond motifs is 8. The van der Waals surface area contributed by atoms with E-state index < -0.39 is 0 Å². The first-order chi connectivity index (χ1) is 31.2. The van der Waals surface area contributed by atoms with Crippen molar-refractivity contribution >= 4 is 66.2 Å². The molecule has 1 aliphatic heterocycles. The molecule has 0 fully saturated rings. The molecular weight excluding hydrogens is 832 g/mol. The first kappa shape index (κ1) is 46.3. The van der Waals surface area contributed by atoms with Crippen LogP contribution < -0.4 is 15.7 Å². The molecule has 5 heteroatoms. The van der Waals surface area contributed by atoms with Crippen molar-refractivity contribution in [3.8, 4) is 0 Å². The normalized spacial score (nSPS) is 23.0. The lowest BCUT2D eigenvalue weighted by molar-refractivity contribution is 0.140. The van der Waals surface area contributed by atoms with Gasteiger partial charge in [-0.3, -0.25) is 0 Å². The van der Waals surface area contributed by atoms with Crippen molar-refractivity contribution in [2.75, 3.05) is 10.2 Å². The first-order valence-electron chi connectivity index (χ1n) is 25.6. The second-order valence-electron chi connectivity index (χ2n) is 26.6. The number of hydrogen-bond donors (Lipinski definition) is 1. The van der Waals surface area contributed by atoms with Crippen molar-refractivity contribution in [1.82, 2.24) is 0 Å². The second-order valence-corrected chi connectivity index (χ2v) is 27.6. The highest BCUT2D eigenvalue weighted by Gasteiger charge is 2.50. The predicted molar refractivity (Wildman–Crippen MR) is 294 cm³/mol. The van der Waals surface area contributed by atoms with Crippen molar-refractivity contribution in [1.29, 1.82) is 0 Å². The Morgan fingerprint density at radius 1 is 0.761 bits per heavy atom. The van der Waals surface area contributed by atoms with Crippen LogP contribution >= 0.6 is 11.3 Å². The van der Waals surface area contributed by atoms with Gasteiger partial charge in [0.05, 0.1) is 22.1 Å². The number of rotatable bonds is 4.